The van der Waals surface area contributed by atoms with Crippen LogP contribution in [0, 0.1) is 5.82 Å². The van der Waals surface area contributed by atoms with Gasteiger partial charge in [0.05, 0.1) is 18.2 Å². The summed E-state index contributed by atoms with van der Waals surface area (Å²) in [5.74, 6) is 0.565. The Hall–Kier alpha value is -1.30. The van der Waals surface area contributed by atoms with E-state index >= 15 is 0 Å². The Labute approximate surface area is 135 Å². The Bertz CT molecular complexity index is 649. The summed E-state index contributed by atoms with van der Waals surface area (Å²) in [7, 11) is 1.50. The fraction of sp³-hybridized carbons (Fsp3) is 0.200. The van der Waals surface area contributed by atoms with E-state index in [4.69, 9.17) is 21.1 Å². The van der Waals surface area contributed by atoms with E-state index in [9.17, 15) is 9.50 Å². The molecule has 0 bridgehead atoms. The summed E-state index contributed by atoms with van der Waals surface area (Å²) >= 11 is 9.36. The number of hydrogen-bond acceptors (Lipinski definition) is 3. The topological polar surface area (TPSA) is 38.7 Å². The van der Waals surface area contributed by atoms with E-state index in [2.05, 4.69) is 15.9 Å². The van der Waals surface area contributed by atoms with E-state index in [1.165, 1.54) is 25.3 Å². The second-order valence-electron chi connectivity index (χ2n) is 4.29. The first-order chi connectivity index (χ1) is 10.0. The number of rotatable bonds is 5. The Morgan fingerprint density at radius 2 is 2.05 bits per heavy atom. The number of benzene rings is 2. The number of hydrogen-bond donors (Lipinski definition) is 1. The molecule has 0 unspecified atom stereocenters. The molecule has 0 fully saturated rings. The lowest BCUT2D eigenvalue weighted by molar-refractivity contribution is 0.273. The van der Waals surface area contributed by atoms with Gasteiger partial charge >= 0.3 is 0 Å². The summed E-state index contributed by atoms with van der Waals surface area (Å²) in [6.07, 6.45) is 0. The number of ether oxygens (including phenoxy) is 2. The molecular formula is C15H13BrClFO3. The molecule has 0 saturated heterocycles. The van der Waals surface area contributed by atoms with Crippen LogP contribution in [0.2, 0.25) is 5.02 Å². The van der Waals surface area contributed by atoms with Crippen molar-refractivity contribution in [2.45, 2.75) is 13.2 Å². The first kappa shape index (κ1) is 16.1. The van der Waals surface area contributed by atoms with Crippen LogP contribution >= 0.6 is 27.5 Å². The maximum Gasteiger partial charge on any atom is 0.175 e. The van der Waals surface area contributed by atoms with E-state index in [1.807, 2.05) is 0 Å². The highest BCUT2D eigenvalue weighted by Crippen LogP contribution is 2.37. The quantitative estimate of drug-likeness (QED) is 0.846. The first-order valence-electron chi connectivity index (χ1n) is 6.09. The van der Waals surface area contributed by atoms with Crippen molar-refractivity contribution < 1.29 is 19.0 Å². The molecule has 6 heteroatoms. The highest BCUT2D eigenvalue weighted by molar-refractivity contribution is 9.10. The number of halogens is 3. The minimum atomic E-state index is -0.375. The molecule has 2 aromatic carbocycles. The molecule has 0 atom stereocenters. The van der Waals surface area contributed by atoms with Crippen LogP contribution in [-0.4, -0.2) is 12.2 Å². The molecule has 0 aromatic heterocycles. The van der Waals surface area contributed by atoms with Gasteiger partial charge in [0.2, 0.25) is 0 Å². The van der Waals surface area contributed by atoms with Crippen LogP contribution in [0.5, 0.6) is 11.5 Å². The highest BCUT2D eigenvalue weighted by atomic mass is 79.9. The predicted molar refractivity (Wildman–Crippen MR) is 82.4 cm³/mol. The molecule has 3 nitrogen and oxygen atoms in total. The van der Waals surface area contributed by atoms with Gasteiger partial charge in [0.25, 0.3) is 0 Å². The van der Waals surface area contributed by atoms with Gasteiger partial charge in [-0.25, -0.2) is 4.39 Å². The molecule has 0 aliphatic rings. The third-order valence-corrected chi connectivity index (χ3v) is 3.81. The van der Waals surface area contributed by atoms with Gasteiger partial charge in [-0.2, -0.15) is 0 Å². The van der Waals surface area contributed by atoms with Crippen molar-refractivity contribution in [3.8, 4) is 11.5 Å². The predicted octanol–water partition coefficient (Wildman–Crippen LogP) is 4.32. The van der Waals surface area contributed by atoms with Gasteiger partial charge < -0.3 is 14.6 Å². The molecule has 0 radical (unpaired) electrons. The van der Waals surface area contributed by atoms with Crippen molar-refractivity contribution in [2.24, 2.45) is 0 Å². The van der Waals surface area contributed by atoms with Crippen LogP contribution in [-0.2, 0) is 13.2 Å². The van der Waals surface area contributed by atoms with E-state index in [1.54, 1.807) is 12.1 Å². The number of aliphatic hydroxyl groups is 1. The van der Waals surface area contributed by atoms with Crippen molar-refractivity contribution in [1.29, 1.82) is 0 Å². The van der Waals surface area contributed by atoms with E-state index < -0.39 is 0 Å². The lowest BCUT2D eigenvalue weighted by Crippen LogP contribution is -2.01. The maximum absolute atomic E-state index is 13.2. The Kier molecular flexibility index (Phi) is 5.45. The lowest BCUT2D eigenvalue weighted by Gasteiger charge is -2.14. The Balaban J connectivity index is 2.25. The third-order valence-electron chi connectivity index (χ3n) is 2.85. The summed E-state index contributed by atoms with van der Waals surface area (Å²) in [5, 5.41) is 9.60. The van der Waals surface area contributed by atoms with E-state index in [0.29, 0.717) is 32.1 Å². The zero-order valence-corrected chi connectivity index (χ0v) is 13.5. The van der Waals surface area contributed by atoms with Crippen molar-refractivity contribution in [2.75, 3.05) is 7.11 Å². The third kappa shape index (κ3) is 3.87. The standard InChI is InChI=1S/C15H13BrClFO3/c1-20-14-5-9(7-19)4-12(16)15(14)21-8-10-6-11(18)2-3-13(10)17/h2-6,19H,7-8H2,1H3. The van der Waals surface area contributed by atoms with Gasteiger partial charge in [0, 0.05) is 10.6 Å². The SMILES string of the molecule is COc1cc(CO)cc(Br)c1OCc1cc(F)ccc1Cl. The van der Waals surface area contributed by atoms with Gasteiger partial charge in [-0.1, -0.05) is 11.6 Å². The second-order valence-corrected chi connectivity index (χ2v) is 5.55. The monoisotopic (exact) mass is 374 g/mol. The van der Waals surface area contributed by atoms with Gasteiger partial charge in [-0.3, -0.25) is 0 Å². The first-order valence-corrected chi connectivity index (χ1v) is 7.26. The molecular weight excluding hydrogens is 363 g/mol. The largest absolute Gasteiger partial charge is 0.493 e. The number of methoxy groups -OCH3 is 1. The van der Waals surface area contributed by atoms with Crippen LogP contribution in [0.3, 0.4) is 0 Å². The van der Waals surface area contributed by atoms with Crippen molar-refractivity contribution in [3.05, 3.63) is 56.8 Å². The van der Waals surface area contributed by atoms with Gasteiger partial charge in [-0.05, 0) is 51.8 Å². The molecule has 0 spiro atoms. The molecule has 2 aromatic rings. The van der Waals surface area contributed by atoms with Crippen LogP contribution in [0.15, 0.2) is 34.8 Å². The van der Waals surface area contributed by atoms with Crippen LogP contribution in [0.4, 0.5) is 4.39 Å². The zero-order chi connectivity index (χ0) is 15.4. The summed E-state index contributed by atoms with van der Waals surface area (Å²) in [6, 6.07) is 7.50. The van der Waals surface area contributed by atoms with Gasteiger partial charge in [0.15, 0.2) is 11.5 Å². The fourth-order valence-electron chi connectivity index (χ4n) is 1.81. The minimum absolute atomic E-state index is 0.101. The molecule has 1 N–H and O–H groups in total. The second kappa shape index (κ2) is 7.11. The molecule has 0 amide bonds. The average Bonchev–Trinajstić information content (AvgIpc) is 2.48. The average molecular weight is 376 g/mol. The zero-order valence-electron chi connectivity index (χ0n) is 11.2. The maximum atomic E-state index is 13.2. The van der Waals surface area contributed by atoms with Crippen LogP contribution < -0.4 is 9.47 Å². The van der Waals surface area contributed by atoms with Crippen molar-refractivity contribution in [3.63, 3.8) is 0 Å². The highest BCUT2D eigenvalue weighted by Gasteiger charge is 2.13. The van der Waals surface area contributed by atoms with Crippen molar-refractivity contribution >= 4 is 27.5 Å². The Morgan fingerprint density at radius 3 is 2.71 bits per heavy atom. The summed E-state index contributed by atoms with van der Waals surface area (Å²) in [4.78, 5) is 0. The van der Waals surface area contributed by atoms with Crippen LogP contribution in [0.1, 0.15) is 11.1 Å². The van der Waals surface area contributed by atoms with Crippen LogP contribution in [0.25, 0.3) is 0 Å². The molecule has 0 saturated carbocycles. The molecule has 0 aliphatic heterocycles. The molecule has 0 aliphatic carbocycles. The summed E-state index contributed by atoms with van der Waals surface area (Å²) < 4.78 is 24.8. The fourth-order valence-corrected chi connectivity index (χ4v) is 2.58. The molecule has 2 rings (SSSR count). The van der Waals surface area contributed by atoms with E-state index in [-0.39, 0.29) is 19.0 Å². The van der Waals surface area contributed by atoms with Gasteiger partial charge in [0.1, 0.15) is 12.4 Å². The lowest BCUT2D eigenvalue weighted by atomic mass is 10.2. The summed E-state index contributed by atoms with van der Waals surface area (Å²) in [6.45, 7) is -0.00497. The summed E-state index contributed by atoms with van der Waals surface area (Å²) in [5.41, 5.74) is 1.23. The molecule has 0 heterocycles. The van der Waals surface area contributed by atoms with E-state index in [0.717, 1.165) is 0 Å². The van der Waals surface area contributed by atoms with Gasteiger partial charge in [-0.15, -0.1) is 0 Å². The normalized spacial score (nSPS) is 10.5. The minimum Gasteiger partial charge on any atom is -0.493 e. The molecule has 21 heavy (non-hydrogen) atoms. The Morgan fingerprint density at radius 1 is 1.29 bits per heavy atom. The smallest absolute Gasteiger partial charge is 0.175 e. The van der Waals surface area contributed by atoms with Crippen molar-refractivity contribution in [1.82, 2.24) is 0 Å². The number of aliphatic hydroxyl groups excluding tert-OH is 1. The molecule has 112 valence electrons.